The molecule has 148 valence electrons. The SMILES string of the molecule is COC[C@@H](C)n1c(C)cc(/C=C(\C#N)C(=O)OCC(=O)c2ccc(Cl)s2)c1C. The van der Waals surface area contributed by atoms with Crippen LogP contribution in [0.3, 0.4) is 0 Å². The molecule has 0 N–H and O–H groups in total. The average molecular weight is 421 g/mol. The predicted octanol–water partition coefficient (Wildman–Crippen LogP) is 4.36. The number of thiophene rings is 1. The number of ether oxygens (including phenoxy) is 2. The number of hydrogen-bond donors (Lipinski definition) is 0. The average Bonchev–Trinajstić information content (AvgIpc) is 3.20. The van der Waals surface area contributed by atoms with Crippen molar-refractivity contribution >= 4 is 40.8 Å². The number of carbonyl (C=O) groups is 2. The van der Waals surface area contributed by atoms with E-state index in [0.717, 1.165) is 28.3 Å². The summed E-state index contributed by atoms with van der Waals surface area (Å²) in [5.41, 5.74) is 2.47. The maximum Gasteiger partial charge on any atom is 0.349 e. The van der Waals surface area contributed by atoms with Gasteiger partial charge < -0.3 is 14.0 Å². The molecule has 28 heavy (non-hydrogen) atoms. The van der Waals surface area contributed by atoms with Gasteiger partial charge in [-0.25, -0.2) is 4.79 Å². The first-order valence-electron chi connectivity index (χ1n) is 8.53. The second kappa shape index (κ2) is 9.69. The number of halogens is 1. The Labute approximate surface area is 172 Å². The Balaban J connectivity index is 2.15. The molecule has 2 rings (SSSR count). The molecule has 0 fully saturated rings. The highest BCUT2D eigenvalue weighted by molar-refractivity contribution is 7.18. The molecule has 0 aromatic carbocycles. The molecule has 0 aliphatic heterocycles. The van der Waals surface area contributed by atoms with Gasteiger partial charge in [-0.05, 0) is 50.6 Å². The van der Waals surface area contributed by atoms with Crippen molar-refractivity contribution in [3.63, 3.8) is 0 Å². The molecule has 0 aliphatic rings. The van der Waals surface area contributed by atoms with Crippen molar-refractivity contribution in [2.75, 3.05) is 20.3 Å². The molecular formula is C20H21ClN2O4S. The Morgan fingerprint density at radius 1 is 1.39 bits per heavy atom. The number of nitriles is 1. The lowest BCUT2D eigenvalue weighted by molar-refractivity contribution is -0.137. The number of aryl methyl sites for hydroxylation is 1. The van der Waals surface area contributed by atoms with Crippen molar-refractivity contribution < 1.29 is 19.1 Å². The first kappa shape index (κ1) is 21.9. The van der Waals surface area contributed by atoms with Crippen LogP contribution in [0.2, 0.25) is 4.34 Å². The van der Waals surface area contributed by atoms with Gasteiger partial charge in [-0.1, -0.05) is 11.6 Å². The monoisotopic (exact) mass is 420 g/mol. The second-order valence-corrected chi connectivity index (χ2v) is 7.99. The van der Waals surface area contributed by atoms with Crippen molar-refractivity contribution in [3.8, 4) is 6.07 Å². The number of carbonyl (C=O) groups excluding carboxylic acids is 2. The van der Waals surface area contributed by atoms with Crippen LogP contribution in [0.25, 0.3) is 6.08 Å². The van der Waals surface area contributed by atoms with Crippen molar-refractivity contribution in [2.45, 2.75) is 26.8 Å². The Kier molecular flexibility index (Phi) is 7.58. The van der Waals surface area contributed by atoms with Gasteiger partial charge in [0.2, 0.25) is 5.78 Å². The smallest absolute Gasteiger partial charge is 0.349 e. The number of Topliss-reactive ketones (excluding diaryl/α,β-unsaturated/α-hetero) is 1. The predicted molar refractivity (Wildman–Crippen MR) is 109 cm³/mol. The molecule has 2 aromatic rings. The van der Waals surface area contributed by atoms with Crippen LogP contribution in [0.1, 0.15) is 39.6 Å². The van der Waals surface area contributed by atoms with Crippen LogP contribution in [0, 0.1) is 25.2 Å². The molecule has 1 atom stereocenters. The van der Waals surface area contributed by atoms with Crippen molar-refractivity contribution in [3.05, 3.63) is 49.9 Å². The summed E-state index contributed by atoms with van der Waals surface area (Å²) >= 11 is 6.91. The lowest BCUT2D eigenvalue weighted by atomic mass is 10.1. The normalized spacial score (nSPS) is 12.5. The molecule has 0 radical (unpaired) electrons. The molecule has 0 spiro atoms. The van der Waals surface area contributed by atoms with E-state index < -0.39 is 12.6 Å². The molecule has 0 amide bonds. The van der Waals surface area contributed by atoms with Gasteiger partial charge in [0, 0.05) is 18.5 Å². The molecule has 0 bridgehead atoms. The fraction of sp³-hybridized carbons (Fsp3) is 0.350. The number of methoxy groups -OCH3 is 1. The van der Waals surface area contributed by atoms with Crippen LogP contribution in [0.4, 0.5) is 0 Å². The zero-order chi connectivity index (χ0) is 20.8. The lowest BCUT2D eigenvalue weighted by Gasteiger charge is -2.17. The number of nitrogens with zero attached hydrogens (tertiary/aromatic N) is 2. The van der Waals surface area contributed by atoms with Crippen LogP contribution >= 0.6 is 22.9 Å². The third-order valence-corrected chi connectivity index (χ3v) is 5.47. The quantitative estimate of drug-likeness (QED) is 0.274. The molecule has 0 saturated heterocycles. The number of ketones is 1. The molecule has 0 unspecified atom stereocenters. The van der Waals surface area contributed by atoms with E-state index in [1.54, 1.807) is 19.2 Å². The largest absolute Gasteiger partial charge is 0.453 e. The van der Waals surface area contributed by atoms with Gasteiger partial charge in [-0.15, -0.1) is 11.3 Å². The molecule has 8 heteroatoms. The lowest BCUT2D eigenvalue weighted by Crippen LogP contribution is -2.14. The Morgan fingerprint density at radius 2 is 2.11 bits per heavy atom. The van der Waals surface area contributed by atoms with Crippen LogP contribution in [-0.2, 0) is 14.3 Å². The molecule has 6 nitrogen and oxygen atoms in total. The summed E-state index contributed by atoms with van der Waals surface area (Å²) in [5, 5.41) is 9.36. The molecule has 0 aliphatic carbocycles. The van der Waals surface area contributed by atoms with Gasteiger partial charge >= 0.3 is 5.97 Å². The molecule has 2 heterocycles. The van der Waals surface area contributed by atoms with Crippen molar-refractivity contribution in [2.24, 2.45) is 0 Å². The topological polar surface area (TPSA) is 81.3 Å². The fourth-order valence-electron chi connectivity index (χ4n) is 2.98. The highest BCUT2D eigenvalue weighted by Gasteiger charge is 2.18. The molecule has 0 saturated carbocycles. The maximum atomic E-state index is 12.2. The fourth-order valence-corrected chi connectivity index (χ4v) is 3.95. The van der Waals surface area contributed by atoms with Gasteiger partial charge in [-0.2, -0.15) is 5.26 Å². The van der Waals surface area contributed by atoms with E-state index in [-0.39, 0.29) is 17.4 Å². The maximum absolute atomic E-state index is 12.2. The molecule has 2 aromatic heterocycles. The Hall–Kier alpha value is -2.40. The minimum atomic E-state index is -0.840. The van der Waals surface area contributed by atoms with Gasteiger partial charge in [0.15, 0.2) is 6.61 Å². The van der Waals surface area contributed by atoms with Crippen LogP contribution < -0.4 is 0 Å². The van der Waals surface area contributed by atoms with Gasteiger partial charge in [0.25, 0.3) is 0 Å². The van der Waals surface area contributed by atoms with Crippen LogP contribution in [-0.4, -0.2) is 36.6 Å². The number of hydrogen-bond acceptors (Lipinski definition) is 6. The summed E-state index contributed by atoms with van der Waals surface area (Å²) in [6, 6.07) is 7.02. The second-order valence-electron chi connectivity index (χ2n) is 6.27. The van der Waals surface area contributed by atoms with Crippen LogP contribution in [0.5, 0.6) is 0 Å². The minimum absolute atomic E-state index is 0.111. The summed E-state index contributed by atoms with van der Waals surface area (Å²) in [7, 11) is 1.64. The van der Waals surface area contributed by atoms with Gasteiger partial charge in [-0.3, -0.25) is 4.79 Å². The first-order valence-corrected chi connectivity index (χ1v) is 9.72. The summed E-state index contributed by atoms with van der Waals surface area (Å²) in [4.78, 5) is 24.7. The zero-order valence-electron chi connectivity index (χ0n) is 16.1. The standard InChI is InChI=1S/C20H21ClN2O4S/c1-12-7-15(14(3)23(12)13(2)10-26-4)8-16(9-22)20(25)27-11-17(24)18-5-6-19(21)28-18/h5-8,13H,10-11H2,1-4H3/b16-8+/t13-/m1/s1. The third kappa shape index (κ3) is 5.10. The van der Waals surface area contributed by atoms with E-state index in [0.29, 0.717) is 15.8 Å². The summed E-state index contributed by atoms with van der Waals surface area (Å²) in [5.74, 6) is -1.21. The molecular weight excluding hydrogens is 400 g/mol. The van der Waals surface area contributed by atoms with E-state index in [4.69, 9.17) is 21.1 Å². The van der Waals surface area contributed by atoms with Crippen LogP contribution in [0.15, 0.2) is 23.8 Å². The summed E-state index contributed by atoms with van der Waals surface area (Å²) < 4.78 is 12.8. The summed E-state index contributed by atoms with van der Waals surface area (Å²) in [6.07, 6.45) is 1.48. The van der Waals surface area contributed by atoms with E-state index in [9.17, 15) is 14.9 Å². The van der Waals surface area contributed by atoms with Crippen molar-refractivity contribution in [1.29, 1.82) is 5.26 Å². The third-order valence-electron chi connectivity index (χ3n) is 4.19. The zero-order valence-corrected chi connectivity index (χ0v) is 17.7. The van der Waals surface area contributed by atoms with E-state index in [2.05, 4.69) is 4.57 Å². The van der Waals surface area contributed by atoms with E-state index in [1.165, 1.54) is 6.08 Å². The Morgan fingerprint density at radius 3 is 2.68 bits per heavy atom. The Bertz CT molecular complexity index is 952. The van der Waals surface area contributed by atoms with Gasteiger partial charge in [0.05, 0.1) is 21.9 Å². The van der Waals surface area contributed by atoms with Gasteiger partial charge in [0.1, 0.15) is 11.6 Å². The first-order chi connectivity index (χ1) is 13.3. The van der Waals surface area contributed by atoms with E-state index >= 15 is 0 Å². The number of aromatic nitrogens is 1. The summed E-state index contributed by atoms with van der Waals surface area (Å²) in [6.45, 7) is 5.99. The highest BCUT2D eigenvalue weighted by Crippen LogP contribution is 2.24. The van der Waals surface area contributed by atoms with E-state index in [1.807, 2.05) is 32.9 Å². The minimum Gasteiger partial charge on any atom is -0.453 e. The highest BCUT2D eigenvalue weighted by atomic mass is 35.5. The number of esters is 1. The number of rotatable bonds is 8. The van der Waals surface area contributed by atoms with Crippen molar-refractivity contribution in [1.82, 2.24) is 4.57 Å².